The van der Waals surface area contributed by atoms with Crippen LogP contribution in [0, 0.1) is 0 Å². The van der Waals surface area contributed by atoms with E-state index in [0.29, 0.717) is 6.54 Å². The average Bonchev–Trinajstić information content (AvgIpc) is 2.28. The van der Waals surface area contributed by atoms with Crippen molar-refractivity contribution < 1.29 is 14.3 Å². The quantitative estimate of drug-likeness (QED) is 0.594. The number of hydrogen-bond acceptors (Lipinski definition) is 3. The second-order valence-corrected chi connectivity index (χ2v) is 2.66. The minimum atomic E-state index is -0.339. The predicted molar refractivity (Wildman–Crippen MR) is 43.6 cm³/mol. The lowest BCUT2D eigenvalue weighted by molar-refractivity contribution is -0.0129. The van der Waals surface area contributed by atoms with Gasteiger partial charge in [0.1, 0.15) is 6.10 Å². The van der Waals surface area contributed by atoms with Crippen LogP contribution in [0.25, 0.3) is 0 Å². The number of rotatable bonds is 3. The first kappa shape index (κ1) is 9.06. The van der Waals surface area contributed by atoms with Gasteiger partial charge in [-0.05, 0) is 6.92 Å². The highest BCUT2D eigenvalue weighted by atomic mass is 16.6. The van der Waals surface area contributed by atoms with Crippen LogP contribution in [0.3, 0.4) is 0 Å². The van der Waals surface area contributed by atoms with Gasteiger partial charge in [-0.2, -0.15) is 0 Å². The third-order valence-corrected chi connectivity index (χ3v) is 1.80. The number of cyclic esters (lactones) is 1. The molecule has 4 nitrogen and oxygen atoms in total. The van der Waals surface area contributed by atoms with Crippen molar-refractivity contribution in [2.45, 2.75) is 19.3 Å². The Balaban J connectivity index is 2.67. The normalized spacial score (nSPS) is 28.8. The molecule has 0 saturated carbocycles. The summed E-state index contributed by atoms with van der Waals surface area (Å²) < 4.78 is 10.0. The fourth-order valence-electron chi connectivity index (χ4n) is 1.28. The Morgan fingerprint density at radius 2 is 2.50 bits per heavy atom. The fraction of sp³-hybridized carbons (Fsp3) is 0.625. The molecule has 0 bridgehead atoms. The van der Waals surface area contributed by atoms with Gasteiger partial charge in [-0.3, -0.25) is 4.90 Å². The summed E-state index contributed by atoms with van der Waals surface area (Å²) >= 11 is 0. The zero-order chi connectivity index (χ0) is 9.14. The van der Waals surface area contributed by atoms with Gasteiger partial charge in [0.05, 0.1) is 0 Å². The lowest BCUT2D eigenvalue weighted by Crippen LogP contribution is -2.37. The van der Waals surface area contributed by atoms with Crippen LogP contribution in [0.4, 0.5) is 4.79 Å². The van der Waals surface area contributed by atoms with Crippen molar-refractivity contribution in [2.75, 3.05) is 13.7 Å². The van der Waals surface area contributed by atoms with Crippen molar-refractivity contribution >= 4 is 6.09 Å². The van der Waals surface area contributed by atoms with E-state index in [-0.39, 0.29) is 18.4 Å². The lowest BCUT2D eigenvalue weighted by atomic mass is 10.3. The Hall–Kier alpha value is -1.03. The van der Waals surface area contributed by atoms with E-state index in [9.17, 15) is 4.79 Å². The van der Waals surface area contributed by atoms with Gasteiger partial charge >= 0.3 is 6.09 Å². The van der Waals surface area contributed by atoms with Gasteiger partial charge in [-0.15, -0.1) is 6.58 Å². The number of methoxy groups -OCH3 is 1. The van der Waals surface area contributed by atoms with E-state index in [4.69, 9.17) is 9.47 Å². The number of carbonyl (C=O) groups excluding carboxylic acids is 1. The van der Waals surface area contributed by atoms with Crippen molar-refractivity contribution in [3.63, 3.8) is 0 Å². The van der Waals surface area contributed by atoms with Crippen LogP contribution < -0.4 is 0 Å². The predicted octanol–water partition coefficient (Wildman–Crippen LogP) is 0.986. The number of nitrogens with zero attached hydrogens (tertiary/aromatic N) is 1. The molecule has 1 aliphatic rings. The number of ether oxygens (including phenoxy) is 2. The number of amides is 1. The smallest absolute Gasteiger partial charge is 0.412 e. The van der Waals surface area contributed by atoms with Crippen LogP contribution in [-0.4, -0.2) is 37.0 Å². The molecule has 1 saturated heterocycles. The van der Waals surface area contributed by atoms with Gasteiger partial charge in [0, 0.05) is 13.7 Å². The van der Waals surface area contributed by atoms with Crippen LogP contribution >= 0.6 is 0 Å². The summed E-state index contributed by atoms with van der Waals surface area (Å²) in [5, 5.41) is 0. The second-order valence-electron chi connectivity index (χ2n) is 2.66. The molecule has 1 aliphatic heterocycles. The van der Waals surface area contributed by atoms with Gasteiger partial charge in [-0.25, -0.2) is 4.79 Å². The third-order valence-electron chi connectivity index (χ3n) is 1.80. The third kappa shape index (κ3) is 1.43. The molecule has 4 heteroatoms. The molecule has 1 heterocycles. The Labute approximate surface area is 71.7 Å². The van der Waals surface area contributed by atoms with Crippen LogP contribution in [-0.2, 0) is 9.47 Å². The van der Waals surface area contributed by atoms with Gasteiger partial charge in [0.15, 0.2) is 6.23 Å². The summed E-state index contributed by atoms with van der Waals surface area (Å²) in [5.74, 6) is 0. The van der Waals surface area contributed by atoms with Gasteiger partial charge in [-0.1, -0.05) is 6.08 Å². The van der Waals surface area contributed by atoms with E-state index in [1.165, 1.54) is 4.90 Å². The molecule has 0 aliphatic carbocycles. The van der Waals surface area contributed by atoms with E-state index in [2.05, 4.69) is 6.58 Å². The summed E-state index contributed by atoms with van der Waals surface area (Å²) in [5.41, 5.74) is 0. The van der Waals surface area contributed by atoms with Crippen molar-refractivity contribution in [1.82, 2.24) is 4.90 Å². The van der Waals surface area contributed by atoms with Crippen molar-refractivity contribution in [2.24, 2.45) is 0 Å². The van der Waals surface area contributed by atoms with Gasteiger partial charge in [0.2, 0.25) is 0 Å². The number of carbonyl (C=O) groups is 1. The molecule has 2 atom stereocenters. The molecule has 1 fully saturated rings. The Kier molecular flexibility index (Phi) is 2.70. The largest absolute Gasteiger partial charge is 0.442 e. The molecule has 0 unspecified atom stereocenters. The molecular formula is C8H13NO3. The minimum Gasteiger partial charge on any atom is -0.442 e. The highest BCUT2D eigenvalue weighted by Gasteiger charge is 2.38. The first-order chi connectivity index (χ1) is 5.70. The number of hydrogen-bond donors (Lipinski definition) is 0. The molecule has 0 N–H and O–H groups in total. The average molecular weight is 171 g/mol. The Morgan fingerprint density at radius 3 is 3.00 bits per heavy atom. The topological polar surface area (TPSA) is 38.8 Å². The maximum atomic E-state index is 11.1. The van der Waals surface area contributed by atoms with Crippen LogP contribution in [0.5, 0.6) is 0 Å². The zero-order valence-electron chi connectivity index (χ0n) is 7.32. The van der Waals surface area contributed by atoms with Crippen LogP contribution in [0.15, 0.2) is 12.7 Å². The zero-order valence-corrected chi connectivity index (χ0v) is 7.32. The maximum absolute atomic E-state index is 11.1. The molecule has 0 radical (unpaired) electrons. The minimum absolute atomic E-state index is 0.206. The highest BCUT2D eigenvalue weighted by molar-refractivity contribution is 5.70. The Bertz CT molecular complexity index is 193. The summed E-state index contributed by atoms with van der Waals surface area (Å²) in [6.07, 6.45) is 0.817. The van der Waals surface area contributed by atoms with Gasteiger partial charge < -0.3 is 9.47 Å². The fourth-order valence-corrected chi connectivity index (χ4v) is 1.28. The monoisotopic (exact) mass is 171 g/mol. The SMILES string of the molecule is C=CCN1C(=O)O[C@H](C)[C@H]1OC. The van der Waals surface area contributed by atoms with E-state index < -0.39 is 0 Å². The summed E-state index contributed by atoms with van der Waals surface area (Å²) in [4.78, 5) is 12.6. The molecule has 0 aromatic rings. The van der Waals surface area contributed by atoms with Gasteiger partial charge in [0.25, 0.3) is 0 Å². The molecule has 0 aromatic heterocycles. The molecular weight excluding hydrogens is 158 g/mol. The molecule has 68 valence electrons. The molecule has 1 rings (SSSR count). The van der Waals surface area contributed by atoms with E-state index in [1.807, 2.05) is 0 Å². The molecule has 0 aromatic carbocycles. The second kappa shape index (κ2) is 3.58. The van der Waals surface area contributed by atoms with Crippen molar-refractivity contribution in [3.05, 3.63) is 12.7 Å². The van der Waals surface area contributed by atoms with E-state index >= 15 is 0 Å². The lowest BCUT2D eigenvalue weighted by Gasteiger charge is -2.19. The summed E-state index contributed by atoms with van der Waals surface area (Å²) in [6.45, 7) is 5.81. The standard InChI is InChI=1S/C8H13NO3/c1-4-5-9-7(11-3)6(2)12-8(9)10/h4,6-7H,1,5H2,2-3H3/t6-,7-/m1/s1. The summed E-state index contributed by atoms with van der Waals surface area (Å²) in [7, 11) is 1.55. The molecule has 0 spiro atoms. The van der Waals surface area contributed by atoms with Crippen LogP contribution in [0.1, 0.15) is 6.92 Å². The van der Waals surface area contributed by atoms with E-state index in [1.54, 1.807) is 20.1 Å². The van der Waals surface area contributed by atoms with E-state index in [0.717, 1.165) is 0 Å². The summed E-state index contributed by atoms with van der Waals surface area (Å²) in [6, 6.07) is 0. The maximum Gasteiger partial charge on any atom is 0.412 e. The molecule has 12 heavy (non-hydrogen) atoms. The molecule has 1 amide bonds. The first-order valence-corrected chi connectivity index (χ1v) is 3.81. The van der Waals surface area contributed by atoms with Crippen molar-refractivity contribution in [3.8, 4) is 0 Å². The first-order valence-electron chi connectivity index (χ1n) is 3.81. The van der Waals surface area contributed by atoms with Crippen molar-refractivity contribution in [1.29, 1.82) is 0 Å². The Morgan fingerprint density at radius 1 is 1.83 bits per heavy atom. The van der Waals surface area contributed by atoms with Crippen LogP contribution in [0.2, 0.25) is 0 Å². The highest BCUT2D eigenvalue weighted by Crippen LogP contribution is 2.18.